The molecule has 116 valence electrons. The average Bonchev–Trinajstić information content (AvgIpc) is 3.29. The molecule has 0 radical (unpaired) electrons. The Bertz CT molecular complexity index is 782. The van der Waals surface area contributed by atoms with Gasteiger partial charge in [-0.15, -0.1) is 11.3 Å². The van der Waals surface area contributed by atoms with Crippen molar-refractivity contribution in [3.63, 3.8) is 0 Å². The number of benzene rings is 1. The number of hydrazone groups is 1. The zero-order chi connectivity index (χ0) is 15.6. The van der Waals surface area contributed by atoms with E-state index < -0.39 is 0 Å². The van der Waals surface area contributed by atoms with Crippen molar-refractivity contribution in [1.29, 1.82) is 0 Å². The molecule has 0 amide bonds. The molecule has 2 aliphatic rings. The van der Waals surface area contributed by atoms with Gasteiger partial charge in [0.2, 0.25) is 5.96 Å². The second-order valence-corrected chi connectivity index (χ2v) is 6.42. The van der Waals surface area contributed by atoms with Crippen LogP contribution in [-0.2, 0) is 0 Å². The molecule has 1 atom stereocenters. The van der Waals surface area contributed by atoms with Crippen molar-refractivity contribution in [2.24, 2.45) is 10.1 Å². The van der Waals surface area contributed by atoms with Crippen LogP contribution in [0.15, 0.2) is 51.9 Å². The Morgan fingerprint density at radius 2 is 2.22 bits per heavy atom. The van der Waals surface area contributed by atoms with Crippen LogP contribution in [0.2, 0.25) is 0 Å². The molecule has 5 nitrogen and oxygen atoms in total. The van der Waals surface area contributed by atoms with Crippen LogP contribution in [0.25, 0.3) is 0 Å². The Balaban J connectivity index is 1.69. The van der Waals surface area contributed by atoms with Crippen molar-refractivity contribution < 1.29 is 4.79 Å². The summed E-state index contributed by atoms with van der Waals surface area (Å²) in [5.74, 6) is 0.889. The number of thiophene rings is 1. The van der Waals surface area contributed by atoms with Gasteiger partial charge in [0.05, 0.1) is 23.7 Å². The molecule has 3 heterocycles. The predicted octanol–water partition coefficient (Wildman–Crippen LogP) is 2.67. The second kappa shape index (κ2) is 5.96. The maximum atomic E-state index is 12.6. The largest absolute Gasteiger partial charge is 0.353 e. The number of ketones is 1. The van der Waals surface area contributed by atoms with E-state index in [2.05, 4.69) is 21.5 Å². The first kappa shape index (κ1) is 14.1. The lowest BCUT2D eigenvalue weighted by molar-refractivity contribution is 0.0952. The Morgan fingerprint density at radius 1 is 1.30 bits per heavy atom. The summed E-state index contributed by atoms with van der Waals surface area (Å²) in [6, 6.07) is 11.7. The van der Waals surface area contributed by atoms with Crippen molar-refractivity contribution >= 4 is 29.3 Å². The van der Waals surface area contributed by atoms with E-state index in [0.717, 1.165) is 35.1 Å². The van der Waals surface area contributed by atoms with Gasteiger partial charge in [0.1, 0.15) is 0 Å². The topological polar surface area (TPSA) is 57.1 Å². The smallest absolute Gasteiger partial charge is 0.215 e. The normalized spacial score (nSPS) is 19.2. The van der Waals surface area contributed by atoms with Gasteiger partial charge in [0, 0.05) is 13.0 Å². The Labute approximate surface area is 138 Å². The van der Waals surface area contributed by atoms with Gasteiger partial charge in [-0.25, -0.2) is 10.0 Å². The van der Waals surface area contributed by atoms with Gasteiger partial charge in [-0.1, -0.05) is 30.3 Å². The lowest BCUT2D eigenvalue weighted by Crippen LogP contribution is -2.40. The van der Waals surface area contributed by atoms with Crippen LogP contribution in [0, 0.1) is 0 Å². The third kappa shape index (κ3) is 2.66. The molecular weight excluding hydrogens is 308 g/mol. The minimum atomic E-state index is -0.129. The maximum Gasteiger partial charge on any atom is 0.215 e. The number of Topliss-reactive ketones (excluding diaryl/α,β-unsaturated/α-hetero) is 1. The fraction of sp³-hybridized carbons (Fsp3) is 0.235. The Morgan fingerprint density at radius 3 is 3.00 bits per heavy atom. The van der Waals surface area contributed by atoms with E-state index in [0.29, 0.717) is 6.42 Å². The zero-order valence-electron chi connectivity index (χ0n) is 12.5. The van der Waals surface area contributed by atoms with Gasteiger partial charge in [-0.3, -0.25) is 4.79 Å². The van der Waals surface area contributed by atoms with Crippen LogP contribution >= 0.6 is 11.3 Å². The molecule has 0 spiro atoms. The molecule has 0 saturated carbocycles. The fourth-order valence-electron chi connectivity index (χ4n) is 2.92. The van der Waals surface area contributed by atoms with Gasteiger partial charge in [-0.2, -0.15) is 5.10 Å². The van der Waals surface area contributed by atoms with Crippen molar-refractivity contribution in [2.75, 3.05) is 13.1 Å². The van der Waals surface area contributed by atoms with Crippen molar-refractivity contribution in [3.8, 4) is 0 Å². The molecule has 6 heteroatoms. The molecule has 1 aromatic heterocycles. The predicted molar refractivity (Wildman–Crippen MR) is 92.2 cm³/mol. The highest BCUT2D eigenvalue weighted by atomic mass is 32.1. The van der Waals surface area contributed by atoms with Crippen molar-refractivity contribution in [3.05, 3.63) is 57.8 Å². The van der Waals surface area contributed by atoms with Crippen LogP contribution < -0.4 is 5.32 Å². The first-order valence-corrected chi connectivity index (χ1v) is 8.48. The van der Waals surface area contributed by atoms with Crippen LogP contribution in [0.5, 0.6) is 0 Å². The summed E-state index contributed by atoms with van der Waals surface area (Å²) >= 11 is 1.48. The van der Waals surface area contributed by atoms with Crippen molar-refractivity contribution in [1.82, 2.24) is 10.3 Å². The Hall–Kier alpha value is -2.47. The molecule has 23 heavy (non-hydrogen) atoms. The highest BCUT2D eigenvalue weighted by Crippen LogP contribution is 2.32. The SMILES string of the molecule is O=C(CC1c2ccccc2C=NN1C1=NCCN1)c1cccs1. The summed E-state index contributed by atoms with van der Waals surface area (Å²) in [5, 5.41) is 11.6. The second-order valence-electron chi connectivity index (χ2n) is 5.47. The van der Waals surface area contributed by atoms with Gasteiger partial charge in [0.15, 0.2) is 5.78 Å². The standard InChI is InChI=1S/C17H16N4OS/c22-15(16-6-3-9-23-16)10-14-13-5-2-1-4-12(13)11-20-21(14)17-18-7-8-19-17/h1-6,9,11,14H,7-8,10H2,(H,18,19). The lowest BCUT2D eigenvalue weighted by atomic mass is 9.95. The minimum absolute atomic E-state index is 0.129. The number of nitrogens with zero attached hydrogens (tertiary/aromatic N) is 3. The maximum absolute atomic E-state index is 12.6. The highest BCUT2D eigenvalue weighted by molar-refractivity contribution is 7.12. The van der Waals surface area contributed by atoms with Crippen LogP contribution in [0.1, 0.15) is 33.3 Å². The number of carbonyl (C=O) groups excluding carboxylic acids is 1. The molecule has 0 saturated heterocycles. The fourth-order valence-corrected chi connectivity index (χ4v) is 3.60. The van der Waals surface area contributed by atoms with Crippen LogP contribution in [-0.4, -0.2) is 36.1 Å². The molecule has 2 aliphatic heterocycles. The Kier molecular flexibility index (Phi) is 3.67. The number of hydrogen-bond acceptors (Lipinski definition) is 6. The molecule has 0 aliphatic carbocycles. The highest BCUT2D eigenvalue weighted by Gasteiger charge is 2.31. The number of rotatable bonds is 3. The molecule has 1 unspecified atom stereocenters. The molecule has 0 bridgehead atoms. The number of guanidine groups is 1. The summed E-state index contributed by atoms with van der Waals surface area (Å²) in [7, 11) is 0. The van der Waals surface area contributed by atoms with E-state index in [1.54, 1.807) is 0 Å². The molecular formula is C17H16N4OS. The summed E-state index contributed by atoms with van der Waals surface area (Å²) in [6.45, 7) is 1.56. The number of fused-ring (bicyclic) bond motifs is 1. The minimum Gasteiger partial charge on any atom is -0.353 e. The van der Waals surface area contributed by atoms with E-state index in [-0.39, 0.29) is 11.8 Å². The molecule has 0 fully saturated rings. The molecule has 1 aromatic carbocycles. The third-order valence-corrected chi connectivity index (χ3v) is 4.93. The number of aliphatic imine (C=N–C) groups is 1. The summed E-state index contributed by atoms with van der Waals surface area (Å²) in [5.41, 5.74) is 2.18. The first-order valence-electron chi connectivity index (χ1n) is 7.60. The quantitative estimate of drug-likeness (QED) is 0.883. The third-order valence-electron chi connectivity index (χ3n) is 4.02. The summed E-state index contributed by atoms with van der Waals surface area (Å²) in [6.07, 6.45) is 2.22. The van der Waals surface area contributed by atoms with Crippen LogP contribution in [0.4, 0.5) is 0 Å². The van der Waals surface area contributed by atoms with E-state index >= 15 is 0 Å². The lowest BCUT2D eigenvalue weighted by Gasteiger charge is -2.32. The number of nitrogens with one attached hydrogen (secondary N) is 1. The zero-order valence-corrected chi connectivity index (χ0v) is 13.3. The summed E-state index contributed by atoms with van der Waals surface area (Å²) < 4.78 is 0. The first-order chi connectivity index (χ1) is 11.3. The monoisotopic (exact) mass is 324 g/mol. The molecule has 2 aromatic rings. The van der Waals surface area contributed by atoms with E-state index in [1.807, 2.05) is 46.9 Å². The molecule has 4 rings (SSSR count). The van der Waals surface area contributed by atoms with Gasteiger partial charge in [0.25, 0.3) is 0 Å². The number of hydrogen-bond donors (Lipinski definition) is 1. The summed E-state index contributed by atoms with van der Waals surface area (Å²) in [4.78, 5) is 17.9. The molecule has 1 N–H and O–H groups in total. The van der Waals surface area contributed by atoms with E-state index in [4.69, 9.17) is 0 Å². The van der Waals surface area contributed by atoms with Crippen molar-refractivity contribution in [2.45, 2.75) is 12.5 Å². The van der Waals surface area contributed by atoms with Gasteiger partial charge < -0.3 is 5.32 Å². The number of carbonyl (C=O) groups is 1. The van der Waals surface area contributed by atoms with Crippen LogP contribution in [0.3, 0.4) is 0 Å². The van der Waals surface area contributed by atoms with Gasteiger partial charge >= 0.3 is 0 Å². The van der Waals surface area contributed by atoms with E-state index in [9.17, 15) is 4.79 Å². The average molecular weight is 324 g/mol. The van der Waals surface area contributed by atoms with E-state index in [1.165, 1.54) is 11.3 Å². The van der Waals surface area contributed by atoms with Gasteiger partial charge in [-0.05, 0) is 22.6 Å².